The van der Waals surface area contributed by atoms with Crippen LogP contribution in [0.4, 0.5) is 0 Å². The van der Waals surface area contributed by atoms with Gasteiger partial charge in [0, 0.05) is 30.5 Å². The summed E-state index contributed by atoms with van der Waals surface area (Å²) in [5.41, 5.74) is 2.70. The first kappa shape index (κ1) is 20.0. The Morgan fingerprint density at radius 3 is 2.70 bits per heavy atom. The summed E-state index contributed by atoms with van der Waals surface area (Å²) < 4.78 is 8.51. The number of aryl methyl sites for hydroxylation is 2. The summed E-state index contributed by atoms with van der Waals surface area (Å²) in [5.74, 6) is 0.0591. The summed E-state index contributed by atoms with van der Waals surface area (Å²) in [7, 11) is 0. The van der Waals surface area contributed by atoms with Crippen molar-refractivity contribution in [1.29, 1.82) is 0 Å². The molecule has 0 bridgehead atoms. The molecule has 3 aromatic rings. The first-order valence-corrected chi connectivity index (χ1v) is 10.1. The molecule has 0 saturated carbocycles. The number of hydrogen-bond donors (Lipinski definition) is 1. The number of nitrogens with one attached hydrogen (secondary N) is 1. The summed E-state index contributed by atoms with van der Waals surface area (Å²) in [6.45, 7) is 4.80. The van der Waals surface area contributed by atoms with Gasteiger partial charge < -0.3 is 10.1 Å². The Balaban J connectivity index is 1.68. The number of aromatic nitrogens is 4. The van der Waals surface area contributed by atoms with Crippen LogP contribution in [0.1, 0.15) is 24.2 Å². The van der Waals surface area contributed by atoms with E-state index in [9.17, 15) is 9.59 Å². The van der Waals surface area contributed by atoms with Crippen LogP contribution in [0.25, 0.3) is 17.2 Å². The fraction of sp³-hybridized carbons (Fsp3) is 0.364. The second-order valence-electron chi connectivity index (χ2n) is 7.51. The predicted molar refractivity (Wildman–Crippen MR) is 113 cm³/mol. The molecule has 1 saturated heterocycles. The van der Waals surface area contributed by atoms with Crippen LogP contribution >= 0.6 is 0 Å². The monoisotopic (exact) mass is 407 g/mol. The number of carbonyl (C=O) groups is 1. The Morgan fingerprint density at radius 1 is 1.23 bits per heavy atom. The molecule has 8 nitrogen and oxygen atoms in total. The molecule has 8 heteroatoms. The van der Waals surface area contributed by atoms with Crippen LogP contribution in [0.5, 0.6) is 0 Å². The van der Waals surface area contributed by atoms with Gasteiger partial charge in [-0.05, 0) is 32.8 Å². The van der Waals surface area contributed by atoms with Crippen LogP contribution in [-0.2, 0) is 16.1 Å². The average molecular weight is 407 g/mol. The molecule has 0 radical (unpaired) electrons. The highest BCUT2D eigenvalue weighted by molar-refractivity contribution is 5.76. The quantitative estimate of drug-likeness (QED) is 0.675. The van der Waals surface area contributed by atoms with Gasteiger partial charge in [0.25, 0.3) is 5.56 Å². The molecule has 0 aliphatic carbocycles. The molecule has 1 aliphatic heterocycles. The smallest absolute Gasteiger partial charge is 0.256 e. The van der Waals surface area contributed by atoms with Gasteiger partial charge in [-0.25, -0.2) is 9.67 Å². The maximum atomic E-state index is 13.0. The minimum atomic E-state index is -0.307. The fourth-order valence-corrected chi connectivity index (χ4v) is 3.62. The summed E-state index contributed by atoms with van der Waals surface area (Å²) in [4.78, 5) is 30.3. The minimum Gasteiger partial charge on any atom is -0.376 e. The Labute approximate surface area is 174 Å². The van der Waals surface area contributed by atoms with Crippen molar-refractivity contribution < 1.29 is 9.53 Å². The molecular formula is C22H25N5O3. The summed E-state index contributed by atoms with van der Waals surface area (Å²) in [5, 5.41) is 7.34. The van der Waals surface area contributed by atoms with Crippen molar-refractivity contribution in [3.8, 4) is 17.2 Å². The molecule has 30 heavy (non-hydrogen) atoms. The van der Waals surface area contributed by atoms with E-state index in [1.54, 1.807) is 4.68 Å². The van der Waals surface area contributed by atoms with Crippen molar-refractivity contribution in [1.82, 2.24) is 24.6 Å². The summed E-state index contributed by atoms with van der Waals surface area (Å²) >= 11 is 0. The van der Waals surface area contributed by atoms with E-state index in [1.807, 2.05) is 50.2 Å². The third-order valence-corrected chi connectivity index (χ3v) is 5.11. The number of nitrogens with zero attached hydrogens (tertiary/aromatic N) is 4. The Bertz CT molecular complexity index is 1100. The largest absolute Gasteiger partial charge is 0.376 e. The lowest BCUT2D eigenvalue weighted by Gasteiger charge is -2.15. The van der Waals surface area contributed by atoms with Crippen LogP contribution in [-0.4, -0.2) is 44.5 Å². The van der Waals surface area contributed by atoms with Crippen LogP contribution in [0, 0.1) is 13.8 Å². The lowest BCUT2D eigenvalue weighted by Crippen LogP contribution is -2.38. The second kappa shape index (κ2) is 8.62. The van der Waals surface area contributed by atoms with Crippen LogP contribution in [0.3, 0.4) is 0 Å². The van der Waals surface area contributed by atoms with E-state index in [0.717, 1.165) is 36.4 Å². The van der Waals surface area contributed by atoms with Gasteiger partial charge >= 0.3 is 0 Å². The highest BCUT2D eigenvalue weighted by atomic mass is 16.5. The van der Waals surface area contributed by atoms with Crippen LogP contribution in [0.15, 0.2) is 47.3 Å². The highest BCUT2D eigenvalue weighted by Gasteiger charge is 2.19. The highest BCUT2D eigenvalue weighted by Crippen LogP contribution is 2.17. The molecule has 1 amide bonds. The van der Waals surface area contributed by atoms with Gasteiger partial charge in [0.1, 0.15) is 6.54 Å². The van der Waals surface area contributed by atoms with E-state index in [0.29, 0.717) is 18.2 Å². The van der Waals surface area contributed by atoms with Crippen molar-refractivity contribution in [2.24, 2.45) is 0 Å². The molecule has 1 aliphatic rings. The van der Waals surface area contributed by atoms with E-state index < -0.39 is 0 Å². The summed E-state index contributed by atoms with van der Waals surface area (Å²) in [6.07, 6.45) is 1.98. The lowest BCUT2D eigenvalue weighted by atomic mass is 10.1. The minimum absolute atomic E-state index is 0.0414. The first-order chi connectivity index (χ1) is 14.5. The lowest BCUT2D eigenvalue weighted by molar-refractivity contribution is -0.122. The normalized spacial score (nSPS) is 16.0. The molecule has 156 valence electrons. The van der Waals surface area contributed by atoms with Gasteiger partial charge in [0.2, 0.25) is 11.9 Å². The number of amides is 1. The zero-order valence-corrected chi connectivity index (χ0v) is 17.2. The van der Waals surface area contributed by atoms with Gasteiger partial charge in [-0.2, -0.15) is 5.10 Å². The molecule has 0 unspecified atom stereocenters. The van der Waals surface area contributed by atoms with Gasteiger partial charge in [-0.1, -0.05) is 30.3 Å². The van der Waals surface area contributed by atoms with Crippen molar-refractivity contribution in [2.45, 2.75) is 39.3 Å². The number of benzene rings is 1. The van der Waals surface area contributed by atoms with E-state index in [4.69, 9.17) is 9.72 Å². The predicted octanol–water partition coefficient (Wildman–Crippen LogP) is 2.01. The molecule has 1 atom stereocenters. The van der Waals surface area contributed by atoms with E-state index in [1.165, 1.54) is 10.6 Å². The molecule has 0 spiro atoms. The van der Waals surface area contributed by atoms with Gasteiger partial charge in [-0.3, -0.25) is 14.2 Å². The number of rotatable bonds is 6. The molecule has 2 aromatic heterocycles. The molecule has 1 N–H and O–H groups in total. The molecule has 4 rings (SSSR count). The average Bonchev–Trinajstić information content (AvgIpc) is 3.37. The van der Waals surface area contributed by atoms with E-state index >= 15 is 0 Å². The van der Waals surface area contributed by atoms with Crippen LogP contribution < -0.4 is 10.9 Å². The fourth-order valence-electron chi connectivity index (χ4n) is 3.62. The van der Waals surface area contributed by atoms with Crippen molar-refractivity contribution >= 4 is 5.91 Å². The van der Waals surface area contributed by atoms with Crippen molar-refractivity contribution in [3.05, 3.63) is 64.2 Å². The molecule has 3 heterocycles. The third kappa shape index (κ3) is 4.33. The molecule has 1 fully saturated rings. The zero-order valence-electron chi connectivity index (χ0n) is 17.2. The third-order valence-electron chi connectivity index (χ3n) is 5.11. The van der Waals surface area contributed by atoms with Crippen molar-refractivity contribution in [2.75, 3.05) is 13.2 Å². The Kier molecular flexibility index (Phi) is 5.76. The zero-order chi connectivity index (χ0) is 21.1. The van der Waals surface area contributed by atoms with Gasteiger partial charge in [0.05, 0.1) is 17.5 Å². The Morgan fingerprint density at radius 2 is 2.03 bits per heavy atom. The standard InChI is InChI=1S/C22H25N5O3/c1-15-11-16(2)27(25-15)22-24-19(17-7-4-3-5-8-17)12-21(29)26(22)14-20(28)23-13-18-9-6-10-30-18/h3-5,7-8,11-12,18H,6,9-10,13-14H2,1-2H3,(H,23,28)/t18-/m0/s1. The molecule has 1 aromatic carbocycles. The topological polar surface area (TPSA) is 91.0 Å². The van der Waals surface area contributed by atoms with E-state index in [-0.39, 0.29) is 24.1 Å². The maximum absolute atomic E-state index is 13.0. The maximum Gasteiger partial charge on any atom is 0.256 e. The van der Waals surface area contributed by atoms with Gasteiger partial charge in [0.15, 0.2) is 0 Å². The molecular weight excluding hydrogens is 382 g/mol. The summed E-state index contributed by atoms with van der Waals surface area (Å²) in [6, 6.07) is 12.8. The number of hydrogen-bond acceptors (Lipinski definition) is 5. The van der Waals surface area contributed by atoms with Gasteiger partial charge in [-0.15, -0.1) is 0 Å². The SMILES string of the molecule is Cc1cc(C)n(-c2nc(-c3ccccc3)cc(=O)n2CC(=O)NC[C@@H]2CCCO2)n1. The Hall–Kier alpha value is -3.26. The first-order valence-electron chi connectivity index (χ1n) is 10.1. The number of ether oxygens (including phenoxy) is 1. The van der Waals surface area contributed by atoms with Crippen LogP contribution in [0.2, 0.25) is 0 Å². The van der Waals surface area contributed by atoms with Crippen molar-refractivity contribution in [3.63, 3.8) is 0 Å². The van der Waals surface area contributed by atoms with E-state index in [2.05, 4.69) is 10.4 Å². The number of carbonyl (C=O) groups excluding carboxylic acids is 1. The second-order valence-corrected chi connectivity index (χ2v) is 7.51.